The molecule has 7 heteroatoms. The maximum Gasteiger partial charge on any atom is 0.274 e. The van der Waals surface area contributed by atoms with Gasteiger partial charge in [-0.1, -0.05) is 11.3 Å². The molecule has 0 N–H and O–H groups in total. The number of aromatic nitrogens is 1. The molecule has 1 rings (SSSR count). The van der Waals surface area contributed by atoms with Crippen molar-refractivity contribution in [2.24, 2.45) is 0 Å². The fourth-order valence-electron chi connectivity index (χ4n) is 0.451. The minimum absolute atomic E-state index is 0.00369. The van der Waals surface area contributed by atoms with E-state index in [4.69, 9.17) is 10.7 Å². The van der Waals surface area contributed by atoms with E-state index in [1.807, 2.05) is 0 Å². The van der Waals surface area contributed by atoms with Gasteiger partial charge in [0.15, 0.2) is 4.21 Å². The summed E-state index contributed by atoms with van der Waals surface area (Å²) < 4.78 is 26.0. The maximum atomic E-state index is 10.6. The molecule has 0 amide bonds. The van der Waals surface area contributed by atoms with E-state index < -0.39 is 9.05 Å². The molecule has 0 radical (unpaired) electrons. The molecule has 0 aliphatic rings. The lowest BCUT2D eigenvalue weighted by atomic mass is 11.0. The topological polar surface area (TPSA) is 56.3 Å². The molecular formula is C4H4ClNO3S2. The van der Waals surface area contributed by atoms with Gasteiger partial charge in [0.05, 0.1) is 13.3 Å². The lowest BCUT2D eigenvalue weighted by Crippen LogP contribution is -1.83. The van der Waals surface area contributed by atoms with Crippen LogP contribution in [0.25, 0.3) is 0 Å². The zero-order valence-electron chi connectivity index (χ0n) is 5.44. The van der Waals surface area contributed by atoms with Crippen LogP contribution in [-0.4, -0.2) is 20.5 Å². The van der Waals surface area contributed by atoms with Crippen molar-refractivity contribution in [1.82, 2.24) is 4.98 Å². The van der Waals surface area contributed by atoms with Crippen molar-refractivity contribution in [3.05, 3.63) is 6.20 Å². The van der Waals surface area contributed by atoms with E-state index in [1.54, 1.807) is 0 Å². The second-order valence-electron chi connectivity index (χ2n) is 1.59. The standard InChI is InChI=1S/C4H4ClNO3S2/c1-9-4-6-2-3(10-4)11(5,7)8/h2H,1H3. The predicted octanol–water partition coefficient (Wildman–Crippen LogP) is 1.08. The van der Waals surface area contributed by atoms with Gasteiger partial charge in [0.1, 0.15) is 0 Å². The maximum absolute atomic E-state index is 10.6. The Morgan fingerprint density at radius 1 is 1.73 bits per heavy atom. The average molecular weight is 214 g/mol. The van der Waals surface area contributed by atoms with Crippen LogP contribution in [0.3, 0.4) is 0 Å². The lowest BCUT2D eigenvalue weighted by molar-refractivity contribution is 0.412. The van der Waals surface area contributed by atoms with Crippen LogP contribution in [0.2, 0.25) is 0 Å². The molecule has 1 aromatic rings. The van der Waals surface area contributed by atoms with Crippen LogP contribution in [0.1, 0.15) is 0 Å². The van der Waals surface area contributed by atoms with Gasteiger partial charge in [0, 0.05) is 10.7 Å². The molecular weight excluding hydrogens is 210 g/mol. The van der Waals surface area contributed by atoms with Gasteiger partial charge < -0.3 is 4.74 Å². The minimum atomic E-state index is -3.64. The van der Waals surface area contributed by atoms with E-state index in [0.717, 1.165) is 17.5 Å². The van der Waals surface area contributed by atoms with Gasteiger partial charge in [-0.2, -0.15) is 0 Å². The number of thiazole rings is 1. The third-order valence-corrected chi connectivity index (χ3v) is 3.90. The fourth-order valence-corrected chi connectivity index (χ4v) is 2.11. The highest BCUT2D eigenvalue weighted by Crippen LogP contribution is 2.26. The Balaban J connectivity index is 3.09. The molecule has 0 spiro atoms. The Bertz CT molecular complexity index is 344. The summed E-state index contributed by atoms with van der Waals surface area (Å²) in [6, 6.07) is 0. The number of hydrogen-bond donors (Lipinski definition) is 0. The smallest absolute Gasteiger partial charge is 0.274 e. The molecule has 1 heterocycles. The first kappa shape index (κ1) is 8.76. The van der Waals surface area contributed by atoms with Crippen molar-refractivity contribution in [3.63, 3.8) is 0 Å². The summed E-state index contributed by atoms with van der Waals surface area (Å²) in [6.45, 7) is 0. The molecule has 0 unspecified atom stereocenters. The fraction of sp³-hybridized carbons (Fsp3) is 0.250. The van der Waals surface area contributed by atoms with Crippen molar-refractivity contribution >= 4 is 31.1 Å². The molecule has 0 saturated carbocycles. The van der Waals surface area contributed by atoms with Crippen LogP contribution < -0.4 is 4.74 Å². The second kappa shape index (κ2) is 2.96. The molecule has 0 aromatic carbocycles. The van der Waals surface area contributed by atoms with Gasteiger partial charge in [-0.25, -0.2) is 13.4 Å². The third-order valence-electron chi connectivity index (χ3n) is 0.878. The lowest BCUT2D eigenvalue weighted by Gasteiger charge is -1.86. The SMILES string of the molecule is COc1ncc(S(=O)(=O)Cl)s1. The molecule has 11 heavy (non-hydrogen) atoms. The Kier molecular flexibility index (Phi) is 2.36. The Hall–Kier alpha value is -0.330. The van der Waals surface area contributed by atoms with Crippen molar-refractivity contribution in [1.29, 1.82) is 0 Å². The van der Waals surface area contributed by atoms with Gasteiger partial charge in [-0.15, -0.1) is 0 Å². The van der Waals surface area contributed by atoms with Crippen LogP contribution in [0, 0.1) is 0 Å². The predicted molar refractivity (Wildman–Crippen MR) is 41.7 cm³/mol. The van der Waals surface area contributed by atoms with Gasteiger partial charge in [-0.3, -0.25) is 0 Å². The summed E-state index contributed by atoms with van der Waals surface area (Å²) in [4.78, 5) is 3.63. The van der Waals surface area contributed by atoms with E-state index in [2.05, 4.69) is 9.72 Å². The Labute approximate surface area is 72.2 Å². The number of rotatable bonds is 2. The minimum Gasteiger partial charge on any atom is -0.473 e. The third kappa shape index (κ3) is 2.05. The number of ether oxygens (including phenoxy) is 1. The van der Waals surface area contributed by atoms with Crippen LogP contribution in [-0.2, 0) is 9.05 Å². The van der Waals surface area contributed by atoms with E-state index in [0.29, 0.717) is 0 Å². The van der Waals surface area contributed by atoms with Gasteiger partial charge in [-0.05, 0) is 0 Å². The normalized spacial score (nSPS) is 11.5. The van der Waals surface area contributed by atoms with Gasteiger partial charge >= 0.3 is 0 Å². The van der Waals surface area contributed by atoms with E-state index >= 15 is 0 Å². The van der Waals surface area contributed by atoms with Crippen molar-refractivity contribution in [2.75, 3.05) is 7.11 Å². The molecule has 0 atom stereocenters. The number of methoxy groups -OCH3 is 1. The van der Waals surface area contributed by atoms with Gasteiger partial charge in [0.25, 0.3) is 14.2 Å². The number of nitrogens with zero attached hydrogens (tertiary/aromatic N) is 1. The van der Waals surface area contributed by atoms with Crippen molar-refractivity contribution in [3.8, 4) is 5.19 Å². The largest absolute Gasteiger partial charge is 0.473 e. The molecule has 62 valence electrons. The first-order valence-corrected chi connectivity index (χ1v) is 5.61. The molecule has 0 aliphatic carbocycles. The van der Waals surface area contributed by atoms with E-state index in [-0.39, 0.29) is 9.40 Å². The molecule has 0 saturated heterocycles. The average Bonchev–Trinajstić information content (AvgIpc) is 2.32. The zero-order valence-corrected chi connectivity index (χ0v) is 7.83. The first-order chi connectivity index (χ1) is 5.04. The molecule has 0 aliphatic heterocycles. The highest BCUT2D eigenvalue weighted by molar-refractivity contribution is 8.15. The Morgan fingerprint density at radius 3 is 2.64 bits per heavy atom. The molecule has 0 fully saturated rings. The highest BCUT2D eigenvalue weighted by Gasteiger charge is 2.14. The molecule has 4 nitrogen and oxygen atoms in total. The second-order valence-corrected chi connectivity index (χ2v) is 5.37. The van der Waals surface area contributed by atoms with Crippen molar-refractivity contribution in [2.45, 2.75) is 4.21 Å². The molecule has 0 bridgehead atoms. The summed E-state index contributed by atoms with van der Waals surface area (Å²) in [5.74, 6) is 0. The number of halogens is 1. The summed E-state index contributed by atoms with van der Waals surface area (Å²) in [6.07, 6.45) is 1.16. The Morgan fingerprint density at radius 2 is 2.36 bits per heavy atom. The highest BCUT2D eigenvalue weighted by atomic mass is 35.7. The van der Waals surface area contributed by atoms with Crippen molar-refractivity contribution < 1.29 is 13.2 Å². The molecule has 1 aromatic heterocycles. The summed E-state index contributed by atoms with van der Waals surface area (Å²) >= 11 is 0.887. The van der Waals surface area contributed by atoms with Crippen LogP contribution in [0.5, 0.6) is 5.19 Å². The van der Waals surface area contributed by atoms with E-state index in [1.165, 1.54) is 7.11 Å². The quantitative estimate of drug-likeness (QED) is 0.690. The number of hydrogen-bond acceptors (Lipinski definition) is 5. The zero-order chi connectivity index (χ0) is 8.48. The van der Waals surface area contributed by atoms with Crippen LogP contribution in [0.15, 0.2) is 10.4 Å². The summed E-state index contributed by atoms with van der Waals surface area (Å²) in [5, 5.41) is 0.282. The first-order valence-electron chi connectivity index (χ1n) is 2.48. The van der Waals surface area contributed by atoms with E-state index in [9.17, 15) is 8.42 Å². The van der Waals surface area contributed by atoms with Crippen LogP contribution in [0.4, 0.5) is 0 Å². The monoisotopic (exact) mass is 213 g/mol. The van der Waals surface area contributed by atoms with Crippen LogP contribution >= 0.6 is 22.0 Å². The van der Waals surface area contributed by atoms with Gasteiger partial charge in [0.2, 0.25) is 0 Å². The summed E-state index contributed by atoms with van der Waals surface area (Å²) in [7, 11) is 2.78. The summed E-state index contributed by atoms with van der Waals surface area (Å²) in [5.41, 5.74) is 0.